The van der Waals surface area contributed by atoms with Crippen molar-refractivity contribution in [1.29, 1.82) is 0 Å². The number of hydrogen-bond donors (Lipinski definition) is 2. The molecule has 110 valence electrons. The number of nitrogens with zero attached hydrogens (tertiary/aromatic N) is 1. The Labute approximate surface area is 123 Å². The lowest BCUT2D eigenvalue weighted by Gasteiger charge is -2.26. The van der Waals surface area contributed by atoms with Crippen LogP contribution in [-0.2, 0) is 4.74 Å². The second kappa shape index (κ2) is 7.52. The molecule has 1 fully saturated rings. The maximum absolute atomic E-state index is 11.4. The van der Waals surface area contributed by atoms with Crippen molar-refractivity contribution < 1.29 is 14.6 Å². The first-order valence-electron chi connectivity index (χ1n) is 6.66. The summed E-state index contributed by atoms with van der Waals surface area (Å²) in [4.78, 5) is 14.5. The number of nitrogens with one attached hydrogen (secondary N) is 1. The Bertz CT molecular complexity index is 462. The molecule has 5 nitrogen and oxygen atoms in total. The Kier molecular flexibility index (Phi) is 5.70. The number of hydrogen-bond acceptors (Lipinski definition) is 5. The molecule has 20 heavy (non-hydrogen) atoms. The van der Waals surface area contributed by atoms with E-state index in [4.69, 9.17) is 4.74 Å². The lowest BCUT2D eigenvalue weighted by molar-refractivity contribution is 0.0398. The van der Waals surface area contributed by atoms with Crippen molar-refractivity contribution in [2.75, 3.05) is 51.0 Å². The van der Waals surface area contributed by atoms with Crippen molar-refractivity contribution in [2.24, 2.45) is 0 Å². The Hall–Kier alpha value is -1.24. The van der Waals surface area contributed by atoms with E-state index in [1.165, 1.54) is 11.8 Å². The molecule has 6 heteroatoms. The van der Waals surface area contributed by atoms with Gasteiger partial charge in [-0.05, 0) is 18.4 Å². The number of anilines is 1. The second-order valence-corrected chi connectivity index (χ2v) is 5.42. The van der Waals surface area contributed by atoms with Crippen molar-refractivity contribution in [3.8, 4) is 0 Å². The topological polar surface area (TPSA) is 61.8 Å². The summed E-state index contributed by atoms with van der Waals surface area (Å²) in [6.45, 7) is 5.07. The fourth-order valence-corrected chi connectivity index (χ4v) is 2.86. The molecular weight excluding hydrogens is 276 g/mol. The zero-order chi connectivity index (χ0) is 14.4. The van der Waals surface area contributed by atoms with Crippen LogP contribution in [0.2, 0.25) is 0 Å². The van der Waals surface area contributed by atoms with Gasteiger partial charge >= 0.3 is 5.97 Å². The summed E-state index contributed by atoms with van der Waals surface area (Å²) in [6.07, 6.45) is 1.89. The van der Waals surface area contributed by atoms with Gasteiger partial charge in [-0.1, -0.05) is 6.07 Å². The molecule has 0 spiro atoms. The Morgan fingerprint density at radius 2 is 2.20 bits per heavy atom. The standard InChI is InChI=1S/C14H20N2O3S/c1-20-12-4-2-3-11(13(12)14(17)18)15-5-6-16-7-9-19-10-8-16/h2-4,15H,5-10H2,1H3,(H,17,18). The fraction of sp³-hybridized carbons (Fsp3) is 0.500. The highest BCUT2D eigenvalue weighted by Gasteiger charge is 2.15. The van der Waals surface area contributed by atoms with Crippen LogP contribution < -0.4 is 5.32 Å². The Morgan fingerprint density at radius 1 is 1.45 bits per heavy atom. The highest BCUT2D eigenvalue weighted by atomic mass is 32.2. The van der Waals surface area contributed by atoms with E-state index in [9.17, 15) is 9.90 Å². The number of rotatable bonds is 6. The normalized spacial score (nSPS) is 16.1. The summed E-state index contributed by atoms with van der Waals surface area (Å²) >= 11 is 1.45. The number of benzene rings is 1. The number of carboxylic acid groups (broad SMARTS) is 1. The van der Waals surface area contributed by atoms with E-state index >= 15 is 0 Å². The molecule has 2 N–H and O–H groups in total. The van der Waals surface area contributed by atoms with Gasteiger partial charge in [-0.2, -0.15) is 0 Å². The van der Waals surface area contributed by atoms with Gasteiger partial charge in [0.05, 0.1) is 18.8 Å². The molecule has 0 bridgehead atoms. The number of carboxylic acids is 1. The first kappa shape index (κ1) is 15.2. The lowest BCUT2D eigenvalue weighted by Crippen LogP contribution is -2.39. The van der Waals surface area contributed by atoms with E-state index < -0.39 is 5.97 Å². The summed E-state index contributed by atoms with van der Waals surface area (Å²) < 4.78 is 5.30. The van der Waals surface area contributed by atoms with Crippen molar-refractivity contribution in [1.82, 2.24) is 4.90 Å². The maximum atomic E-state index is 11.4. The number of carbonyl (C=O) groups is 1. The molecule has 1 saturated heterocycles. The molecule has 1 aliphatic rings. The molecule has 0 aromatic heterocycles. The molecule has 1 aliphatic heterocycles. The Morgan fingerprint density at radius 3 is 2.85 bits per heavy atom. The minimum absolute atomic E-state index is 0.363. The first-order chi connectivity index (χ1) is 9.72. The molecule has 1 heterocycles. The Balaban J connectivity index is 1.96. The summed E-state index contributed by atoms with van der Waals surface area (Å²) in [5, 5.41) is 12.6. The van der Waals surface area contributed by atoms with Crippen molar-refractivity contribution in [2.45, 2.75) is 4.90 Å². The summed E-state index contributed by atoms with van der Waals surface area (Å²) in [6, 6.07) is 5.54. The monoisotopic (exact) mass is 296 g/mol. The number of thioether (sulfide) groups is 1. The molecule has 0 saturated carbocycles. The van der Waals surface area contributed by atoms with Gasteiger partial charge in [-0.25, -0.2) is 4.79 Å². The molecule has 0 aliphatic carbocycles. The predicted octanol–water partition coefficient (Wildman–Crippen LogP) is 1.85. The largest absolute Gasteiger partial charge is 0.478 e. The fourth-order valence-electron chi connectivity index (χ4n) is 2.24. The second-order valence-electron chi connectivity index (χ2n) is 4.57. The van der Waals surface area contributed by atoms with Crippen LogP contribution in [0, 0.1) is 0 Å². The minimum atomic E-state index is -0.885. The van der Waals surface area contributed by atoms with Crippen molar-refractivity contribution >= 4 is 23.4 Å². The average molecular weight is 296 g/mol. The predicted molar refractivity (Wildman–Crippen MR) is 80.9 cm³/mol. The number of ether oxygens (including phenoxy) is 1. The molecule has 1 aromatic rings. The quantitative estimate of drug-likeness (QED) is 0.781. The molecule has 2 rings (SSSR count). The van der Waals surface area contributed by atoms with Crippen molar-refractivity contribution in [3.63, 3.8) is 0 Å². The van der Waals surface area contributed by atoms with E-state index in [-0.39, 0.29) is 0 Å². The highest BCUT2D eigenvalue weighted by molar-refractivity contribution is 7.98. The van der Waals surface area contributed by atoms with Gasteiger partial charge in [0.15, 0.2) is 0 Å². The third kappa shape index (κ3) is 3.88. The molecule has 0 unspecified atom stereocenters. The molecule has 0 radical (unpaired) electrons. The van der Waals surface area contributed by atoms with Crippen LogP contribution >= 0.6 is 11.8 Å². The van der Waals surface area contributed by atoms with Crippen LogP contribution in [0.4, 0.5) is 5.69 Å². The molecular formula is C14H20N2O3S. The first-order valence-corrected chi connectivity index (χ1v) is 7.89. The molecule has 0 atom stereocenters. The average Bonchev–Trinajstić information content (AvgIpc) is 2.47. The lowest BCUT2D eigenvalue weighted by atomic mass is 10.1. The van der Waals surface area contributed by atoms with Gasteiger partial charge in [0.25, 0.3) is 0 Å². The van der Waals surface area contributed by atoms with Gasteiger partial charge < -0.3 is 15.2 Å². The third-order valence-corrected chi connectivity index (χ3v) is 4.09. The van der Waals surface area contributed by atoms with Crippen LogP contribution in [0.1, 0.15) is 10.4 Å². The maximum Gasteiger partial charge on any atom is 0.338 e. The van der Waals surface area contributed by atoms with E-state index in [0.717, 1.165) is 44.3 Å². The number of morpholine rings is 1. The van der Waals surface area contributed by atoms with Gasteiger partial charge in [-0.15, -0.1) is 11.8 Å². The zero-order valence-corrected chi connectivity index (χ0v) is 12.4. The van der Waals surface area contributed by atoms with Gasteiger partial charge in [0.1, 0.15) is 0 Å². The molecule has 1 aromatic carbocycles. The van der Waals surface area contributed by atoms with Gasteiger partial charge in [0.2, 0.25) is 0 Å². The summed E-state index contributed by atoms with van der Waals surface area (Å²) in [5.74, 6) is -0.885. The smallest absolute Gasteiger partial charge is 0.338 e. The van der Waals surface area contributed by atoms with E-state index in [2.05, 4.69) is 10.2 Å². The number of aromatic carboxylic acids is 1. The van der Waals surface area contributed by atoms with E-state index in [1.54, 1.807) is 0 Å². The van der Waals surface area contributed by atoms with Crippen LogP contribution in [0.3, 0.4) is 0 Å². The zero-order valence-electron chi connectivity index (χ0n) is 11.6. The van der Waals surface area contributed by atoms with E-state index in [0.29, 0.717) is 11.3 Å². The van der Waals surface area contributed by atoms with Crippen LogP contribution in [-0.4, -0.2) is 61.6 Å². The minimum Gasteiger partial charge on any atom is -0.478 e. The summed E-state index contributed by atoms with van der Waals surface area (Å²) in [5.41, 5.74) is 1.06. The third-order valence-electron chi connectivity index (χ3n) is 3.31. The molecule has 0 amide bonds. The van der Waals surface area contributed by atoms with E-state index in [1.807, 2.05) is 24.5 Å². The van der Waals surface area contributed by atoms with Crippen LogP contribution in [0.15, 0.2) is 23.1 Å². The van der Waals surface area contributed by atoms with Crippen molar-refractivity contribution in [3.05, 3.63) is 23.8 Å². The van der Waals surface area contributed by atoms with Gasteiger partial charge in [0, 0.05) is 36.8 Å². The van der Waals surface area contributed by atoms with Gasteiger partial charge in [-0.3, -0.25) is 4.90 Å². The SMILES string of the molecule is CSc1cccc(NCCN2CCOCC2)c1C(=O)O. The highest BCUT2D eigenvalue weighted by Crippen LogP contribution is 2.27. The van der Waals surface area contributed by atoms with Crippen LogP contribution in [0.5, 0.6) is 0 Å². The summed E-state index contributed by atoms with van der Waals surface area (Å²) in [7, 11) is 0. The van der Waals surface area contributed by atoms with Crippen LogP contribution in [0.25, 0.3) is 0 Å².